The fourth-order valence-electron chi connectivity index (χ4n) is 1.04. The van der Waals surface area contributed by atoms with Crippen molar-refractivity contribution in [1.82, 2.24) is 5.43 Å². The monoisotopic (exact) mass is 223 g/mol. The van der Waals surface area contributed by atoms with Crippen molar-refractivity contribution in [3.63, 3.8) is 0 Å². The Kier molecular flexibility index (Phi) is 4.17. The smallest absolute Gasteiger partial charge is 0.332 e. The van der Waals surface area contributed by atoms with E-state index in [-0.39, 0.29) is 0 Å². The maximum Gasteiger partial charge on any atom is 0.332 e. The average molecular weight is 223 g/mol. The van der Waals surface area contributed by atoms with Crippen LogP contribution >= 0.6 is 11.8 Å². The molecule has 0 saturated carbocycles. The van der Waals surface area contributed by atoms with Crippen molar-refractivity contribution < 1.29 is 4.79 Å². The van der Waals surface area contributed by atoms with Gasteiger partial charge in [-0.25, -0.2) is 10.2 Å². The van der Waals surface area contributed by atoms with E-state index in [9.17, 15) is 4.79 Å². The zero-order chi connectivity index (χ0) is 11.3. The second-order valence-corrected chi connectivity index (χ2v) is 3.78. The molecule has 80 valence electrons. The molecule has 0 spiro atoms. The van der Waals surface area contributed by atoms with Gasteiger partial charge in [0.25, 0.3) is 0 Å². The Morgan fingerprint density at radius 1 is 1.40 bits per heavy atom. The Morgan fingerprint density at radius 3 is 2.47 bits per heavy atom. The summed E-state index contributed by atoms with van der Waals surface area (Å²) < 4.78 is 0. The minimum atomic E-state index is -0.657. The first kappa shape index (κ1) is 11.6. The van der Waals surface area contributed by atoms with Crippen molar-refractivity contribution in [3.05, 3.63) is 29.8 Å². The van der Waals surface area contributed by atoms with Crippen LogP contribution in [0.25, 0.3) is 0 Å². The lowest BCUT2D eigenvalue weighted by molar-refractivity contribution is 0.249. The van der Waals surface area contributed by atoms with Crippen LogP contribution in [0.5, 0.6) is 0 Å². The van der Waals surface area contributed by atoms with E-state index < -0.39 is 6.03 Å². The Balaban J connectivity index is 2.77. The van der Waals surface area contributed by atoms with Gasteiger partial charge in [0.15, 0.2) is 0 Å². The molecule has 15 heavy (non-hydrogen) atoms. The molecule has 3 N–H and O–H groups in total. The summed E-state index contributed by atoms with van der Waals surface area (Å²) in [6, 6.07) is 7.25. The first-order valence-electron chi connectivity index (χ1n) is 4.37. The molecule has 1 aromatic carbocycles. The number of hydrogen-bond donors (Lipinski definition) is 2. The van der Waals surface area contributed by atoms with E-state index in [0.717, 1.165) is 11.3 Å². The summed E-state index contributed by atoms with van der Waals surface area (Å²) in [6.07, 6.45) is 2.02. The molecule has 0 atom stereocenters. The molecule has 0 aliphatic heterocycles. The number of rotatable bonds is 3. The minimum Gasteiger partial charge on any atom is -0.350 e. The maximum atomic E-state index is 10.4. The molecule has 0 aromatic heterocycles. The van der Waals surface area contributed by atoms with Gasteiger partial charge in [0.05, 0.1) is 5.71 Å². The highest BCUT2D eigenvalue weighted by atomic mass is 32.2. The van der Waals surface area contributed by atoms with Gasteiger partial charge in [-0.1, -0.05) is 12.1 Å². The third kappa shape index (κ3) is 3.63. The van der Waals surface area contributed by atoms with Gasteiger partial charge in [0.2, 0.25) is 0 Å². The Hall–Kier alpha value is -1.49. The van der Waals surface area contributed by atoms with Gasteiger partial charge in [-0.15, -0.1) is 11.8 Å². The molecular formula is C10H13N3OS. The van der Waals surface area contributed by atoms with E-state index >= 15 is 0 Å². The lowest BCUT2D eigenvalue weighted by Gasteiger charge is -2.02. The SMILES string of the molecule is CSc1ccc(/C(C)=N/NC(N)=O)cc1. The number of hydrazone groups is 1. The predicted octanol–water partition coefficient (Wildman–Crippen LogP) is 1.80. The van der Waals surface area contributed by atoms with Gasteiger partial charge in [-0.05, 0) is 30.9 Å². The number of urea groups is 1. The Bertz CT molecular complexity index is 373. The van der Waals surface area contributed by atoms with Crippen LogP contribution in [-0.4, -0.2) is 18.0 Å². The van der Waals surface area contributed by atoms with Crippen LogP contribution in [-0.2, 0) is 0 Å². The molecule has 0 aliphatic rings. The van der Waals surface area contributed by atoms with E-state index in [4.69, 9.17) is 5.73 Å². The van der Waals surface area contributed by atoms with Crippen LogP contribution in [0.3, 0.4) is 0 Å². The number of amides is 2. The number of primary amides is 1. The van der Waals surface area contributed by atoms with E-state index in [1.54, 1.807) is 11.8 Å². The number of carbonyl (C=O) groups excluding carboxylic acids is 1. The third-order valence-corrected chi connectivity index (χ3v) is 2.59. The lowest BCUT2D eigenvalue weighted by atomic mass is 10.1. The number of hydrogen-bond acceptors (Lipinski definition) is 3. The molecule has 0 aliphatic carbocycles. The Labute approximate surface area is 92.9 Å². The summed E-state index contributed by atoms with van der Waals surface area (Å²) >= 11 is 1.68. The standard InChI is InChI=1S/C10H13N3OS/c1-7(12-13-10(11)14)8-3-5-9(15-2)6-4-8/h3-6H,1-2H3,(H3,11,13,14)/b12-7+. The highest BCUT2D eigenvalue weighted by Crippen LogP contribution is 2.15. The summed E-state index contributed by atoms with van der Waals surface area (Å²) in [7, 11) is 0. The fraction of sp³-hybridized carbons (Fsp3) is 0.200. The quantitative estimate of drug-likeness (QED) is 0.466. The van der Waals surface area contributed by atoms with Crippen LogP contribution in [0, 0.1) is 0 Å². The Morgan fingerprint density at radius 2 is 2.00 bits per heavy atom. The molecule has 4 nitrogen and oxygen atoms in total. The van der Waals surface area contributed by atoms with Gasteiger partial charge in [0, 0.05) is 4.90 Å². The van der Waals surface area contributed by atoms with E-state index in [2.05, 4.69) is 10.5 Å². The van der Waals surface area contributed by atoms with Crippen molar-refractivity contribution in [2.24, 2.45) is 10.8 Å². The second-order valence-electron chi connectivity index (χ2n) is 2.90. The average Bonchev–Trinajstić information content (AvgIpc) is 2.26. The normalized spacial score (nSPS) is 11.2. The van der Waals surface area contributed by atoms with Gasteiger partial charge in [0.1, 0.15) is 0 Å². The van der Waals surface area contributed by atoms with E-state index in [0.29, 0.717) is 0 Å². The van der Waals surface area contributed by atoms with Gasteiger partial charge >= 0.3 is 6.03 Å². The topological polar surface area (TPSA) is 67.5 Å². The first-order chi connectivity index (χ1) is 7.13. The molecule has 5 heteroatoms. The van der Waals surface area contributed by atoms with Crippen LogP contribution in [0.1, 0.15) is 12.5 Å². The zero-order valence-electron chi connectivity index (χ0n) is 8.65. The highest BCUT2D eigenvalue weighted by Gasteiger charge is 1.98. The number of nitrogens with two attached hydrogens (primary N) is 1. The summed E-state index contributed by atoms with van der Waals surface area (Å²) in [6.45, 7) is 1.81. The van der Waals surface area contributed by atoms with Crippen molar-refractivity contribution in [2.75, 3.05) is 6.26 Å². The summed E-state index contributed by atoms with van der Waals surface area (Å²) in [5.41, 5.74) is 8.78. The molecule has 0 saturated heterocycles. The summed E-state index contributed by atoms with van der Waals surface area (Å²) in [4.78, 5) is 11.6. The summed E-state index contributed by atoms with van der Waals surface area (Å²) in [5, 5.41) is 3.83. The van der Waals surface area contributed by atoms with Crippen molar-refractivity contribution >= 4 is 23.5 Å². The lowest BCUT2D eigenvalue weighted by Crippen LogP contribution is -2.25. The van der Waals surface area contributed by atoms with Crippen LogP contribution < -0.4 is 11.2 Å². The van der Waals surface area contributed by atoms with Gasteiger partial charge in [-0.2, -0.15) is 5.10 Å². The number of nitrogens with one attached hydrogen (secondary N) is 1. The summed E-state index contributed by atoms with van der Waals surface area (Å²) in [5.74, 6) is 0. The molecule has 0 unspecified atom stereocenters. The van der Waals surface area contributed by atoms with Crippen molar-refractivity contribution in [2.45, 2.75) is 11.8 Å². The maximum absolute atomic E-state index is 10.4. The van der Waals surface area contributed by atoms with Crippen LogP contribution in [0.4, 0.5) is 4.79 Å². The largest absolute Gasteiger partial charge is 0.350 e. The molecule has 0 bridgehead atoms. The van der Waals surface area contributed by atoms with Crippen molar-refractivity contribution in [3.8, 4) is 0 Å². The molecule has 1 aromatic rings. The number of benzene rings is 1. The zero-order valence-corrected chi connectivity index (χ0v) is 9.47. The van der Waals surface area contributed by atoms with E-state index in [1.165, 1.54) is 4.90 Å². The molecule has 0 radical (unpaired) electrons. The number of thioether (sulfide) groups is 1. The first-order valence-corrected chi connectivity index (χ1v) is 5.60. The van der Waals surface area contributed by atoms with E-state index in [1.807, 2.05) is 37.4 Å². The van der Waals surface area contributed by atoms with Crippen molar-refractivity contribution in [1.29, 1.82) is 0 Å². The number of nitrogens with zero attached hydrogens (tertiary/aromatic N) is 1. The molecule has 0 fully saturated rings. The van der Waals surface area contributed by atoms with Crippen LogP contribution in [0.2, 0.25) is 0 Å². The molecule has 0 heterocycles. The fourth-order valence-corrected chi connectivity index (χ4v) is 1.44. The molecule has 2 amide bonds. The highest BCUT2D eigenvalue weighted by molar-refractivity contribution is 7.98. The third-order valence-electron chi connectivity index (χ3n) is 1.84. The van der Waals surface area contributed by atoms with Gasteiger partial charge in [-0.3, -0.25) is 0 Å². The number of carbonyl (C=O) groups is 1. The second kappa shape index (κ2) is 5.41. The molecular weight excluding hydrogens is 210 g/mol. The predicted molar refractivity (Wildman–Crippen MR) is 63.2 cm³/mol. The molecule has 1 rings (SSSR count). The minimum absolute atomic E-state index is 0.657. The van der Waals surface area contributed by atoms with Gasteiger partial charge < -0.3 is 5.73 Å². The van der Waals surface area contributed by atoms with Crippen LogP contribution in [0.15, 0.2) is 34.3 Å².